The Balaban J connectivity index is 0.00000289. The first-order valence-electron chi connectivity index (χ1n) is 10.4. The summed E-state index contributed by atoms with van der Waals surface area (Å²) in [6, 6.07) is 6.64. The van der Waals surface area contributed by atoms with Crippen LogP contribution < -0.4 is 10.6 Å². The van der Waals surface area contributed by atoms with Crippen molar-refractivity contribution in [3.8, 4) is 0 Å². The third kappa shape index (κ3) is 5.29. The molecule has 32 heavy (non-hydrogen) atoms. The van der Waals surface area contributed by atoms with Crippen molar-refractivity contribution in [3.05, 3.63) is 53.3 Å². The number of aryl methyl sites for hydroxylation is 1. The molecular weight excluding hydrogens is 421 g/mol. The van der Waals surface area contributed by atoms with Gasteiger partial charge in [-0.15, -0.1) is 0 Å². The van der Waals surface area contributed by atoms with E-state index in [1.165, 1.54) is 12.1 Å². The Morgan fingerprint density at radius 2 is 1.91 bits per heavy atom. The third-order valence-corrected chi connectivity index (χ3v) is 5.43. The predicted octanol–water partition coefficient (Wildman–Crippen LogP) is 2.02. The predicted molar refractivity (Wildman–Crippen MR) is 122 cm³/mol. The molecule has 0 radical (unpaired) electrons. The summed E-state index contributed by atoms with van der Waals surface area (Å²) < 4.78 is 7.25. The second-order valence-electron chi connectivity index (χ2n) is 7.46. The van der Waals surface area contributed by atoms with E-state index >= 15 is 0 Å². The van der Waals surface area contributed by atoms with Crippen LogP contribution in [0.4, 0.5) is 5.69 Å². The van der Waals surface area contributed by atoms with Crippen LogP contribution >= 0.6 is 0 Å². The van der Waals surface area contributed by atoms with E-state index in [1.807, 2.05) is 6.92 Å². The number of fused-ring (bicyclic) bond motifs is 1. The molecule has 1 fully saturated rings. The summed E-state index contributed by atoms with van der Waals surface area (Å²) in [7, 11) is 0. The number of anilines is 1. The number of carbonyl (C=O) groups excluding carboxylic acids is 1. The fourth-order valence-electron chi connectivity index (χ4n) is 3.67. The zero-order chi connectivity index (χ0) is 21.8. The number of carbonyl (C=O) groups is 2. The van der Waals surface area contributed by atoms with Crippen LogP contribution in [0.1, 0.15) is 46.0 Å². The molecule has 0 spiro atoms. The molecule has 0 bridgehead atoms. The quantitative estimate of drug-likeness (QED) is 0.474. The summed E-state index contributed by atoms with van der Waals surface area (Å²) in [4.78, 5) is 28.5. The molecule has 0 aliphatic carbocycles. The van der Waals surface area contributed by atoms with E-state index in [-0.39, 0.29) is 53.6 Å². The molecule has 3 N–H and O–H groups in total. The minimum atomic E-state index is -0.980. The van der Waals surface area contributed by atoms with Crippen LogP contribution in [0.15, 0.2) is 36.7 Å². The van der Waals surface area contributed by atoms with Crippen LogP contribution in [0.2, 0.25) is 0 Å². The van der Waals surface area contributed by atoms with Gasteiger partial charge in [-0.25, -0.2) is 14.5 Å². The molecule has 3 heterocycles. The summed E-state index contributed by atoms with van der Waals surface area (Å²) >= 11 is 0. The number of carboxylic acid groups (broad SMARTS) is 1. The van der Waals surface area contributed by atoms with Gasteiger partial charge in [0.05, 0.1) is 28.4 Å². The number of hydrogen-bond acceptors (Lipinski definition) is 6. The second kappa shape index (κ2) is 10.9. The Kier molecular flexibility index (Phi) is 8.25. The van der Waals surface area contributed by atoms with Gasteiger partial charge in [0.2, 0.25) is 0 Å². The number of aromatic nitrogens is 3. The molecule has 9 nitrogen and oxygen atoms in total. The monoisotopic (exact) mass is 447 g/mol. The van der Waals surface area contributed by atoms with Crippen molar-refractivity contribution in [1.82, 2.24) is 20.1 Å². The van der Waals surface area contributed by atoms with E-state index in [0.717, 1.165) is 35.1 Å². The number of hydrogen-bond donors (Lipinski definition) is 3. The van der Waals surface area contributed by atoms with Crippen molar-refractivity contribution in [1.29, 1.82) is 0 Å². The van der Waals surface area contributed by atoms with Gasteiger partial charge in [-0.05, 0) is 37.5 Å². The molecule has 1 saturated heterocycles. The van der Waals surface area contributed by atoms with Gasteiger partial charge in [0, 0.05) is 38.5 Å². The van der Waals surface area contributed by atoms with Gasteiger partial charge in [-0.3, -0.25) is 4.79 Å². The van der Waals surface area contributed by atoms with Crippen molar-refractivity contribution >= 4 is 58.2 Å². The molecular formula is C22H26N5NaO4. The Hall–Kier alpha value is -2.46. The zero-order valence-corrected chi connectivity index (χ0v) is 17.3. The molecule has 1 aliphatic heterocycles. The average Bonchev–Trinajstić information content (AvgIpc) is 3.22. The SMILES string of the molecule is CCn1ncc2c(NC3CCOCC3)c(C(=O)NCc3ccc(C(=O)O)cc3)cnc21.[NaH]. The molecule has 0 unspecified atom stereocenters. The summed E-state index contributed by atoms with van der Waals surface area (Å²) in [6.07, 6.45) is 5.06. The number of benzene rings is 1. The first kappa shape index (κ1) is 24.2. The van der Waals surface area contributed by atoms with E-state index < -0.39 is 5.97 Å². The van der Waals surface area contributed by atoms with Crippen molar-refractivity contribution in [2.75, 3.05) is 18.5 Å². The van der Waals surface area contributed by atoms with Crippen LogP contribution in [-0.4, -0.2) is 80.6 Å². The molecule has 2 aromatic heterocycles. The van der Waals surface area contributed by atoms with Gasteiger partial charge in [0.25, 0.3) is 5.91 Å². The molecule has 1 aliphatic rings. The zero-order valence-electron chi connectivity index (χ0n) is 17.3. The van der Waals surface area contributed by atoms with Crippen molar-refractivity contribution in [3.63, 3.8) is 0 Å². The number of nitrogens with zero attached hydrogens (tertiary/aromatic N) is 3. The van der Waals surface area contributed by atoms with Crippen LogP contribution in [0.25, 0.3) is 11.0 Å². The Morgan fingerprint density at radius 1 is 1.19 bits per heavy atom. The summed E-state index contributed by atoms with van der Waals surface area (Å²) in [5.41, 5.74) is 2.94. The number of nitrogens with one attached hydrogen (secondary N) is 2. The Labute approximate surface area is 207 Å². The van der Waals surface area contributed by atoms with E-state index in [4.69, 9.17) is 9.84 Å². The van der Waals surface area contributed by atoms with Crippen molar-refractivity contribution in [2.45, 2.75) is 38.9 Å². The van der Waals surface area contributed by atoms with Crippen molar-refractivity contribution in [2.24, 2.45) is 0 Å². The van der Waals surface area contributed by atoms with E-state index in [0.29, 0.717) is 25.3 Å². The summed E-state index contributed by atoms with van der Waals surface area (Å²) in [5, 5.41) is 20.7. The minimum absolute atomic E-state index is 0. The summed E-state index contributed by atoms with van der Waals surface area (Å²) in [5.74, 6) is -1.23. The first-order chi connectivity index (χ1) is 15.1. The number of ether oxygens (including phenoxy) is 1. The van der Waals surface area contributed by atoms with Gasteiger partial charge in [0.1, 0.15) is 0 Å². The molecule has 0 saturated carbocycles. The van der Waals surface area contributed by atoms with Gasteiger partial charge in [-0.1, -0.05) is 12.1 Å². The van der Waals surface area contributed by atoms with Gasteiger partial charge >= 0.3 is 35.5 Å². The fraction of sp³-hybridized carbons (Fsp3) is 0.364. The number of amides is 1. The van der Waals surface area contributed by atoms with E-state index in [2.05, 4.69) is 20.7 Å². The summed E-state index contributed by atoms with van der Waals surface area (Å²) in [6.45, 7) is 4.34. The van der Waals surface area contributed by atoms with Gasteiger partial charge in [0.15, 0.2) is 5.65 Å². The molecule has 4 rings (SSSR count). The molecule has 0 atom stereocenters. The number of pyridine rings is 1. The number of aromatic carboxylic acids is 1. The normalized spacial score (nSPS) is 14.0. The van der Waals surface area contributed by atoms with Crippen LogP contribution in [-0.2, 0) is 17.8 Å². The van der Waals surface area contributed by atoms with Crippen molar-refractivity contribution < 1.29 is 19.4 Å². The topological polar surface area (TPSA) is 118 Å². The number of rotatable bonds is 7. The first-order valence-corrected chi connectivity index (χ1v) is 10.4. The second-order valence-corrected chi connectivity index (χ2v) is 7.46. The average molecular weight is 447 g/mol. The van der Waals surface area contributed by atoms with E-state index in [1.54, 1.807) is 29.2 Å². The van der Waals surface area contributed by atoms with Crippen LogP contribution in [0.5, 0.6) is 0 Å². The van der Waals surface area contributed by atoms with Gasteiger partial charge in [-0.2, -0.15) is 5.10 Å². The standard InChI is InChI=1S/C22H25N5O4.Na.H/c1-2-27-20-17(13-25-27)19(26-16-7-9-31-10-8-16)18(12-23-20)21(28)24-11-14-3-5-15(6-4-14)22(29)30;;/h3-6,12-13,16H,2,7-11H2,1H3,(H,23,26)(H,24,28)(H,29,30);;. The maximum atomic E-state index is 13.0. The van der Waals surface area contributed by atoms with Crippen LogP contribution in [0.3, 0.4) is 0 Å². The molecule has 1 amide bonds. The molecule has 1 aromatic carbocycles. The molecule has 10 heteroatoms. The van der Waals surface area contributed by atoms with Crippen LogP contribution in [0, 0.1) is 0 Å². The number of carboxylic acids is 1. The fourth-order valence-corrected chi connectivity index (χ4v) is 3.67. The Bertz CT molecular complexity index is 1090. The third-order valence-electron chi connectivity index (χ3n) is 5.43. The molecule has 3 aromatic rings. The molecule has 164 valence electrons. The van der Waals surface area contributed by atoms with E-state index in [9.17, 15) is 9.59 Å². The van der Waals surface area contributed by atoms with Gasteiger partial charge < -0.3 is 20.5 Å². The Morgan fingerprint density at radius 3 is 2.56 bits per heavy atom. The maximum absolute atomic E-state index is 13.0.